The normalized spacial score (nSPS) is 19.7. The summed E-state index contributed by atoms with van der Waals surface area (Å²) < 4.78 is 1.50. The molecule has 2 aliphatic heterocycles. The molecule has 0 aliphatic carbocycles. The van der Waals surface area contributed by atoms with E-state index in [1.54, 1.807) is 7.05 Å². The van der Waals surface area contributed by atoms with Crippen LogP contribution in [0.5, 0.6) is 0 Å². The van der Waals surface area contributed by atoms with Crippen LogP contribution in [0.1, 0.15) is 18.4 Å². The molecule has 1 saturated heterocycles. The molecule has 1 unspecified atom stereocenters. The molecule has 1 atom stereocenters. The van der Waals surface area contributed by atoms with Crippen LogP contribution in [0.25, 0.3) is 0 Å². The van der Waals surface area contributed by atoms with Crippen molar-refractivity contribution in [1.82, 2.24) is 20.0 Å². The van der Waals surface area contributed by atoms with Crippen molar-refractivity contribution in [2.45, 2.75) is 25.8 Å². The van der Waals surface area contributed by atoms with Crippen molar-refractivity contribution < 1.29 is 19.0 Å². The molecule has 0 saturated carbocycles. The predicted molar refractivity (Wildman–Crippen MR) is 90.9 cm³/mol. The molecule has 25 heavy (non-hydrogen) atoms. The quantitative estimate of drug-likeness (QED) is 0.726. The Hall–Kier alpha value is -2.69. The third-order valence-electron chi connectivity index (χ3n) is 3.90. The summed E-state index contributed by atoms with van der Waals surface area (Å²) in [5.41, 5.74) is 0. The van der Waals surface area contributed by atoms with Crippen LogP contribution < -0.4 is 5.32 Å². The van der Waals surface area contributed by atoms with Gasteiger partial charge in [-0.25, -0.2) is 9.37 Å². The molecule has 1 aromatic rings. The molecule has 4 amide bonds. The Morgan fingerprint density at radius 1 is 1.32 bits per heavy atom. The monoisotopic (exact) mass is 364 g/mol. The fourth-order valence-electron chi connectivity index (χ4n) is 2.62. The second kappa shape index (κ2) is 6.67. The molecule has 2 aliphatic rings. The minimum absolute atomic E-state index is 0.0814. The van der Waals surface area contributed by atoms with E-state index in [0.29, 0.717) is 11.0 Å². The van der Waals surface area contributed by atoms with E-state index in [1.807, 2.05) is 6.92 Å². The fourth-order valence-corrected chi connectivity index (χ4v) is 3.48. The molecule has 11 heteroatoms. The average Bonchev–Trinajstić information content (AvgIpc) is 3.18. The molecule has 0 spiro atoms. The summed E-state index contributed by atoms with van der Waals surface area (Å²) in [7, 11) is 2.95. The number of carbonyl (C=O) groups excluding carboxylic acids is 3. The number of likely N-dealkylation sites (N-methyl/N-ethyl adjacent to an activating group) is 2. The van der Waals surface area contributed by atoms with E-state index < -0.39 is 18.0 Å². The van der Waals surface area contributed by atoms with Crippen LogP contribution in [0, 0.1) is 0 Å². The lowest BCUT2D eigenvalue weighted by molar-refractivity contribution is -0.519. The average molecular weight is 364 g/mol. The highest BCUT2D eigenvalue weighted by molar-refractivity contribution is 7.15. The zero-order chi connectivity index (χ0) is 18.1. The van der Waals surface area contributed by atoms with Crippen LogP contribution in [0.3, 0.4) is 0 Å². The first-order valence-electron chi connectivity index (χ1n) is 7.76. The molecule has 132 valence electrons. The number of fused-ring (bicyclic) bond motifs is 1. The van der Waals surface area contributed by atoms with Crippen LogP contribution in [-0.2, 0) is 16.0 Å². The predicted octanol–water partition coefficient (Wildman–Crippen LogP) is -0.226. The zero-order valence-corrected chi connectivity index (χ0v) is 14.9. The van der Waals surface area contributed by atoms with Crippen molar-refractivity contribution in [3.05, 3.63) is 5.01 Å². The van der Waals surface area contributed by atoms with E-state index in [1.165, 1.54) is 34.2 Å². The molecule has 0 aromatic carbocycles. The first kappa shape index (κ1) is 17.1. The minimum Gasteiger partial charge on any atom is -0.297 e. The lowest BCUT2D eigenvalue weighted by atomic mass is 10.1. The Morgan fingerprint density at radius 3 is 2.80 bits per heavy atom. The first-order chi connectivity index (χ1) is 11.9. The van der Waals surface area contributed by atoms with Gasteiger partial charge in [0.15, 0.2) is 6.54 Å². The minimum atomic E-state index is -0.775. The van der Waals surface area contributed by atoms with Gasteiger partial charge in [0, 0.05) is 20.5 Å². The number of hydrogen-bond donors (Lipinski definition) is 1. The van der Waals surface area contributed by atoms with E-state index in [9.17, 15) is 14.4 Å². The molecule has 3 rings (SSSR count). The summed E-state index contributed by atoms with van der Waals surface area (Å²) in [6.45, 7) is 1.96. The topological polar surface area (TPSA) is 111 Å². The molecule has 3 heterocycles. The number of carbonyl (C=O) groups is 3. The summed E-state index contributed by atoms with van der Waals surface area (Å²) in [4.78, 5) is 43.0. The maximum atomic E-state index is 12.4. The second-order valence-electron chi connectivity index (χ2n) is 5.72. The number of anilines is 1. The van der Waals surface area contributed by atoms with Crippen LogP contribution >= 0.6 is 11.3 Å². The highest BCUT2D eigenvalue weighted by Gasteiger charge is 2.50. The van der Waals surface area contributed by atoms with Gasteiger partial charge in [0.25, 0.3) is 30.0 Å². The van der Waals surface area contributed by atoms with Crippen LogP contribution in [0.15, 0.2) is 4.99 Å². The maximum absolute atomic E-state index is 12.4. The lowest BCUT2D eigenvalue weighted by Crippen LogP contribution is -2.61. The van der Waals surface area contributed by atoms with Gasteiger partial charge in [-0.3, -0.25) is 24.7 Å². The molecule has 1 N–H and O–H groups in total. The van der Waals surface area contributed by atoms with E-state index >= 15 is 0 Å². The Morgan fingerprint density at radius 2 is 2.08 bits per heavy atom. The number of rotatable bonds is 5. The van der Waals surface area contributed by atoms with Crippen molar-refractivity contribution in [3.63, 3.8) is 0 Å². The van der Waals surface area contributed by atoms with Gasteiger partial charge in [0.1, 0.15) is 5.01 Å². The number of nitrogens with zero attached hydrogens (tertiary/aromatic N) is 6. The first-order valence-corrected chi connectivity index (χ1v) is 8.58. The number of imide groups is 1. The Labute approximate surface area is 147 Å². The zero-order valence-electron chi connectivity index (χ0n) is 14.1. The van der Waals surface area contributed by atoms with Crippen molar-refractivity contribution in [1.29, 1.82) is 0 Å². The molecule has 0 bridgehead atoms. The molecular weight excluding hydrogens is 346 g/mol. The van der Waals surface area contributed by atoms with Gasteiger partial charge in [-0.2, -0.15) is 0 Å². The standard InChI is InChI=1S/C14H17N7O3S/c1-4-5-9-17-18-13(25-9)16-8(22)6-21-7-15-11-10(21)12(23)20(3)14(24)19(11)2/h7,10H,4-6H2,1-3H3/p+1. The molecule has 1 fully saturated rings. The molecule has 10 nitrogen and oxygen atoms in total. The van der Waals surface area contributed by atoms with Gasteiger partial charge in [-0.05, 0) is 11.4 Å². The van der Waals surface area contributed by atoms with Crippen LogP contribution in [0.2, 0.25) is 0 Å². The lowest BCUT2D eigenvalue weighted by Gasteiger charge is -2.30. The van der Waals surface area contributed by atoms with Crippen LogP contribution in [-0.4, -0.2) is 81.3 Å². The van der Waals surface area contributed by atoms with E-state index in [2.05, 4.69) is 20.5 Å². The smallest absolute Gasteiger partial charge is 0.297 e. The largest absolute Gasteiger partial charge is 0.333 e. The van der Waals surface area contributed by atoms with Crippen molar-refractivity contribution in [2.24, 2.45) is 4.99 Å². The maximum Gasteiger partial charge on any atom is 0.333 e. The highest BCUT2D eigenvalue weighted by Crippen LogP contribution is 2.18. The summed E-state index contributed by atoms with van der Waals surface area (Å²) in [6.07, 6.45) is 3.17. The summed E-state index contributed by atoms with van der Waals surface area (Å²) >= 11 is 1.33. The van der Waals surface area contributed by atoms with E-state index in [4.69, 9.17) is 0 Å². The second-order valence-corrected chi connectivity index (χ2v) is 6.78. The van der Waals surface area contributed by atoms with E-state index in [-0.39, 0.29) is 12.5 Å². The third kappa shape index (κ3) is 3.14. The Bertz CT molecular complexity index is 800. The third-order valence-corrected chi connectivity index (χ3v) is 4.80. The molecule has 1 aromatic heterocycles. The van der Waals surface area contributed by atoms with Crippen molar-refractivity contribution in [2.75, 3.05) is 26.0 Å². The summed E-state index contributed by atoms with van der Waals surface area (Å²) in [6, 6.07) is -1.22. The number of aryl methyl sites for hydroxylation is 1. The number of urea groups is 1. The Kier molecular flexibility index (Phi) is 4.57. The molecular formula is C14H18N7O3S+. The highest BCUT2D eigenvalue weighted by atomic mass is 32.1. The summed E-state index contributed by atoms with van der Waals surface area (Å²) in [5.74, 6) is -0.423. The van der Waals surface area contributed by atoms with Crippen molar-refractivity contribution >= 4 is 46.5 Å². The van der Waals surface area contributed by atoms with Gasteiger partial charge in [0.05, 0.1) is 0 Å². The number of amidine groups is 1. The van der Waals surface area contributed by atoms with Crippen LogP contribution in [0.4, 0.5) is 9.93 Å². The van der Waals surface area contributed by atoms with E-state index in [0.717, 1.165) is 22.7 Å². The molecule has 0 radical (unpaired) electrons. The number of amides is 4. The number of hydrogen-bond acceptors (Lipinski definition) is 7. The van der Waals surface area contributed by atoms with Gasteiger partial charge in [-0.15, -0.1) is 10.2 Å². The fraction of sp³-hybridized carbons (Fsp3) is 0.500. The number of aromatic nitrogens is 2. The number of aliphatic imine (C=N–C) groups is 1. The van der Waals surface area contributed by atoms with Gasteiger partial charge < -0.3 is 0 Å². The SMILES string of the molecule is CCCc1nnc(NC(=O)C[N+]2=CN=C3C2C(=O)N(C)C(=O)N3C)s1. The van der Waals surface area contributed by atoms with Gasteiger partial charge in [-0.1, -0.05) is 18.3 Å². The Balaban J connectivity index is 1.66. The van der Waals surface area contributed by atoms with Gasteiger partial charge in [0.2, 0.25) is 5.13 Å². The van der Waals surface area contributed by atoms with Crippen molar-refractivity contribution in [3.8, 4) is 0 Å². The van der Waals surface area contributed by atoms with Gasteiger partial charge >= 0.3 is 6.03 Å². The number of nitrogens with one attached hydrogen (secondary N) is 1. The summed E-state index contributed by atoms with van der Waals surface area (Å²) in [5, 5.41) is 11.9.